The van der Waals surface area contributed by atoms with Crippen LogP contribution in [0.2, 0.25) is 0 Å². The molecule has 1 unspecified atom stereocenters. The summed E-state index contributed by atoms with van der Waals surface area (Å²) in [5.41, 5.74) is 2.17. The number of amides is 1. The number of imidazole rings is 1. The van der Waals surface area contributed by atoms with E-state index in [1.54, 1.807) is 6.07 Å². The van der Waals surface area contributed by atoms with Crippen LogP contribution in [0.15, 0.2) is 16.9 Å². The second-order valence-corrected chi connectivity index (χ2v) is 7.13. The van der Waals surface area contributed by atoms with E-state index in [0.717, 1.165) is 31.7 Å². The van der Waals surface area contributed by atoms with E-state index in [1.807, 2.05) is 18.3 Å². The highest BCUT2D eigenvalue weighted by Gasteiger charge is 2.35. The highest BCUT2D eigenvalue weighted by molar-refractivity contribution is 5.92. The molecule has 1 amide bonds. The van der Waals surface area contributed by atoms with Gasteiger partial charge in [-0.1, -0.05) is 6.42 Å². The van der Waals surface area contributed by atoms with Crippen molar-refractivity contribution < 1.29 is 14.1 Å². The molecule has 0 aromatic carbocycles. The van der Waals surface area contributed by atoms with E-state index in [-0.39, 0.29) is 17.7 Å². The number of rotatable bonds is 4. The van der Waals surface area contributed by atoms with Gasteiger partial charge in [0.1, 0.15) is 0 Å². The van der Waals surface area contributed by atoms with Gasteiger partial charge in [-0.25, -0.2) is 4.98 Å². The maximum absolute atomic E-state index is 13.1. The fraction of sp³-hybridized carbons (Fsp3) is 0.611. The van der Waals surface area contributed by atoms with Crippen LogP contribution < -0.4 is 4.74 Å². The van der Waals surface area contributed by atoms with E-state index >= 15 is 0 Å². The number of nitrogens with zero attached hydrogens (tertiary/aromatic N) is 5. The summed E-state index contributed by atoms with van der Waals surface area (Å²) in [6, 6.07) is 1.65. The fourth-order valence-corrected chi connectivity index (χ4v) is 3.96. The molecule has 4 heterocycles. The Kier molecular flexibility index (Phi) is 4.67. The Morgan fingerprint density at radius 2 is 2.15 bits per heavy atom. The second-order valence-electron chi connectivity index (χ2n) is 7.13. The molecule has 1 atom stereocenters. The van der Waals surface area contributed by atoms with Crippen LogP contribution in [-0.2, 0) is 20.0 Å². The quantitative estimate of drug-likeness (QED) is 0.823. The van der Waals surface area contributed by atoms with Crippen molar-refractivity contribution in [2.24, 2.45) is 7.05 Å². The zero-order valence-electron chi connectivity index (χ0n) is 15.3. The van der Waals surface area contributed by atoms with E-state index in [4.69, 9.17) is 9.26 Å². The molecule has 2 aromatic rings. The van der Waals surface area contributed by atoms with Crippen LogP contribution in [0, 0.1) is 0 Å². The number of aryl methyl sites for hydroxylation is 1. The first-order valence-electron chi connectivity index (χ1n) is 9.19. The number of methoxy groups -OCH3 is 1. The second kappa shape index (κ2) is 7.11. The topological polar surface area (TPSA) is 76.6 Å². The van der Waals surface area contributed by atoms with Crippen molar-refractivity contribution in [1.82, 2.24) is 24.5 Å². The molecule has 26 heavy (non-hydrogen) atoms. The van der Waals surface area contributed by atoms with Crippen LogP contribution in [0.5, 0.6) is 5.88 Å². The van der Waals surface area contributed by atoms with Crippen LogP contribution in [0.3, 0.4) is 0 Å². The Morgan fingerprint density at radius 1 is 1.35 bits per heavy atom. The molecule has 0 N–H and O–H groups in total. The van der Waals surface area contributed by atoms with Crippen molar-refractivity contribution in [3.63, 3.8) is 0 Å². The van der Waals surface area contributed by atoms with Gasteiger partial charge in [-0.3, -0.25) is 4.79 Å². The summed E-state index contributed by atoms with van der Waals surface area (Å²) in [4.78, 5) is 21.9. The van der Waals surface area contributed by atoms with Gasteiger partial charge in [0.15, 0.2) is 0 Å². The molecule has 2 aliphatic rings. The smallest absolute Gasteiger partial charge is 0.293 e. The normalized spacial score (nSPS) is 20.8. The van der Waals surface area contributed by atoms with Gasteiger partial charge in [0, 0.05) is 25.7 Å². The third-order valence-electron chi connectivity index (χ3n) is 5.42. The third kappa shape index (κ3) is 3.21. The van der Waals surface area contributed by atoms with Gasteiger partial charge in [-0.05, 0) is 31.1 Å². The van der Waals surface area contributed by atoms with Gasteiger partial charge in [-0.2, -0.15) is 0 Å². The zero-order chi connectivity index (χ0) is 18.1. The molecule has 140 valence electrons. The fourth-order valence-electron chi connectivity index (χ4n) is 3.96. The summed E-state index contributed by atoms with van der Waals surface area (Å²) in [5, 5.41) is 3.76. The van der Waals surface area contributed by atoms with Gasteiger partial charge < -0.3 is 23.6 Å². The van der Waals surface area contributed by atoms with E-state index < -0.39 is 0 Å². The maximum atomic E-state index is 13.1. The number of piperidine rings is 1. The van der Waals surface area contributed by atoms with Gasteiger partial charge in [0.25, 0.3) is 11.8 Å². The van der Waals surface area contributed by atoms with E-state index in [0.29, 0.717) is 12.4 Å². The van der Waals surface area contributed by atoms with Crippen LogP contribution in [0.1, 0.15) is 41.2 Å². The van der Waals surface area contributed by atoms with Crippen molar-refractivity contribution in [1.29, 1.82) is 0 Å². The Labute approximate surface area is 152 Å². The monoisotopic (exact) mass is 359 g/mol. The molecule has 1 saturated heterocycles. The minimum Gasteiger partial charge on any atom is -0.479 e. The number of carbonyl (C=O) groups excluding carboxylic acids is 1. The summed E-state index contributed by atoms with van der Waals surface area (Å²) >= 11 is 0. The highest BCUT2D eigenvalue weighted by atomic mass is 16.5. The van der Waals surface area contributed by atoms with E-state index in [2.05, 4.69) is 19.6 Å². The number of carbonyl (C=O) groups is 1. The number of hydrogen-bond acceptors (Lipinski definition) is 6. The average molecular weight is 359 g/mol. The molecular weight excluding hydrogens is 334 g/mol. The lowest BCUT2D eigenvalue weighted by Gasteiger charge is -2.39. The van der Waals surface area contributed by atoms with Crippen molar-refractivity contribution in [2.75, 3.05) is 26.7 Å². The standard InChI is InChI=1S/C18H25N5O3/c1-21-12-19-14-11-23(18(24)16-9-17(25-2)20-26-16)13(8-15(14)21)10-22-6-4-3-5-7-22/h9,12-13H,3-8,10-11H2,1-2H3. The van der Waals surface area contributed by atoms with Crippen molar-refractivity contribution in [3.8, 4) is 5.88 Å². The number of hydrogen-bond donors (Lipinski definition) is 0. The van der Waals surface area contributed by atoms with Crippen LogP contribution in [0.25, 0.3) is 0 Å². The largest absolute Gasteiger partial charge is 0.479 e. The van der Waals surface area contributed by atoms with Gasteiger partial charge in [-0.15, -0.1) is 0 Å². The zero-order valence-corrected chi connectivity index (χ0v) is 15.3. The highest BCUT2D eigenvalue weighted by Crippen LogP contribution is 2.26. The molecule has 1 fully saturated rings. The van der Waals surface area contributed by atoms with Crippen LogP contribution >= 0.6 is 0 Å². The number of fused-ring (bicyclic) bond motifs is 1. The summed E-state index contributed by atoms with van der Waals surface area (Å²) in [5.74, 6) is 0.375. The lowest BCUT2D eigenvalue weighted by atomic mass is 10.00. The minimum absolute atomic E-state index is 0.0968. The molecular formula is C18H25N5O3. The molecule has 0 bridgehead atoms. The lowest BCUT2D eigenvalue weighted by Crippen LogP contribution is -2.51. The first-order chi connectivity index (χ1) is 12.7. The summed E-state index contributed by atoms with van der Waals surface area (Å²) in [7, 11) is 3.52. The third-order valence-corrected chi connectivity index (χ3v) is 5.42. The molecule has 4 rings (SSSR count). The first kappa shape index (κ1) is 17.1. The maximum Gasteiger partial charge on any atom is 0.293 e. The first-order valence-corrected chi connectivity index (χ1v) is 9.19. The summed E-state index contributed by atoms with van der Waals surface area (Å²) in [6.07, 6.45) is 6.40. The lowest BCUT2D eigenvalue weighted by molar-refractivity contribution is 0.0518. The van der Waals surface area contributed by atoms with E-state index in [9.17, 15) is 4.79 Å². The predicted octanol–water partition coefficient (Wildman–Crippen LogP) is 1.47. The van der Waals surface area contributed by atoms with Crippen LogP contribution in [-0.4, -0.2) is 63.2 Å². The van der Waals surface area contributed by atoms with Crippen LogP contribution in [0.4, 0.5) is 0 Å². The molecule has 2 aromatic heterocycles. The Balaban J connectivity index is 1.58. The molecule has 0 radical (unpaired) electrons. The predicted molar refractivity (Wildman–Crippen MR) is 93.9 cm³/mol. The minimum atomic E-state index is -0.154. The Morgan fingerprint density at radius 3 is 2.88 bits per heavy atom. The van der Waals surface area contributed by atoms with Gasteiger partial charge in [0.05, 0.1) is 37.8 Å². The molecule has 0 saturated carbocycles. The summed E-state index contributed by atoms with van der Waals surface area (Å²) in [6.45, 7) is 3.58. The Hall–Kier alpha value is -2.35. The number of ether oxygens (including phenoxy) is 1. The summed E-state index contributed by atoms with van der Waals surface area (Å²) < 4.78 is 12.3. The van der Waals surface area contributed by atoms with E-state index in [1.165, 1.54) is 32.1 Å². The number of aromatic nitrogens is 3. The number of likely N-dealkylation sites (tertiary alicyclic amines) is 1. The van der Waals surface area contributed by atoms with Crippen molar-refractivity contribution >= 4 is 5.91 Å². The molecule has 0 aliphatic carbocycles. The average Bonchev–Trinajstić information content (AvgIpc) is 3.29. The van der Waals surface area contributed by atoms with Gasteiger partial charge in [0.2, 0.25) is 5.76 Å². The molecule has 2 aliphatic heterocycles. The van der Waals surface area contributed by atoms with Crippen molar-refractivity contribution in [3.05, 3.63) is 29.5 Å². The Bertz CT molecular complexity index is 778. The SMILES string of the molecule is COc1cc(C(=O)N2Cc3ncn(C)c3CC2CN2CCCCC2)on1. The van der Waals surface area contributed by atoms with Gasteiger partial charge >= 0.3 is 0 Å². The molecule has 8 nitrogen and oxygen atoms in total. The molecule has 0 spiro atoms. The van der Waals surface area contributed by atoms with Crippen molar-refractivity contribution in [2.45, 2.75) is 38.3 Å². The molecule has 8 heteroatoms.